The lowest BCUT2D eigenvalue weighted by Gasteiger charge is -2.17. The van der Waals surface area contributed by atoms with Crippen LogP contribution in [0, 0.1) is 0 Å². The van der Waals surface area contributed by atoms with E-state index in [1.54, 1.807) is 12.4 Å². The number of pyridine rings is 1. The molecule has 0 radical (unpaired) electrons. The summed E-state index contributed by atoms with van der Waals surface area (Å²) in [5.41, 5.74) is 2.73. The molecular formula is C15H14NO2-. The van der Waals surface area contributed by atoms with E-state index in [4.69, 9.17) is 0 Å². The van der Waals surface area contributed by atoms with Crippen LogP contribution in [0.5, 0.6) is 0 Å². The van der Waals surface area contributed by atoms with E-state index in [9.17, 15) is 9.90 Å². The molecule has 0 aliphatic heterocycles. The molecule has 1 aromatic heterocycles. The minimum absolute atomic E-state index is 0.527. The van der Waals surface area contributed by atoms with Crippen LogP contribution in [0.2, 0.25) is 0 Å². The van der Waals surface area contributed by atoms with Crippen molar-refractivity contribution in [2.45, 2.75) is 19.3 Å². The maximum Gasteiger partial charge on any atom is 0.0489 e. The number of rotatable bonds is 4. The lowest BCUT2D eigenvalue weighted by atomic mass is 9.94. The standard InChI is InChI=1S/C15H15NO2/c1-2-14(15(17)18)12-6-3-5-11(9-12)13-7-4-8-16-10-13/h3-10,14H,2H2,1H3,(H,17,18)/p-1. The molecule has 2 rings (SSSR count). The topological polar surface area (TPSA) is 53.0 Å². The Morgan fingerprint density at radius 3 is 2.67 bits per heavy atom. The average molecular weight is 240 g/mol. The second-order valence-corrected chi connectivity index (χ2v) is 4.15. The minimum atomic E-state index is -1.03. The Bertz CT molecular complexity index is 537. The number of carboxylic acids is 1. The normalized spacial score (nSPS) is 12.1. The van der Waals surface area contributed by atoms with Crippen molar-refractivity contribution in [1.29, 1.82) is 0 Å². The predicted molar refractivity (Wildman–Crippen MR) is 67.7 cm³/mol. The van der Waals surface area contributed by atoms with Gasteiger partial charge in [-0.15, -0.1) is 0 Å². The molecule has 0 fully saturated rings. The quantitative estimate of drug-likeness (QED) is 0.821. The fraction of sp³-hybridized carbons (Fsp3) is 0.200. The zero-order chi connectivity index (χ0) is 13.0. The molecule has 0 aliphatic rings. The summed E-state index contributed by atoms with van der Waals surface area (Å²) in [5.74, 6) is -1.58. The van der Waals surface area contributed by atoms with E-state index in [0.717, 1.165) is 16.7 Å². The monoisotopic (exact) mass is 240 g/mol. The highest BCUT2D eigenvalue weighted by atomic mass is 16.4. The smallest absolute Gasteiger partial charge is 0.0489 e. The van der Waals surface area contributed by atoms with Gasteiger partial charge in [0.2, 0.25) is 0 Å². The van der Waals surface area contributed by atoms with E-state index in [-0.39, 0.29) is 0 Å². The van der Waals surface area contributed by atoms with Gasteiger partial charge >= 0.3 is 0 Å². The summed E-state index contributed by atoms with van der Waals surface area (Å²) in [6, 6.07) is 11.3. The van der Waals surface area contributed by atoms with Crippen molar-refractivity contribution in [3.05, 3.63) is 54.4 Å². The third-order valence-corrected chi connectivity index (χ3v) is 2.98. The highest BCUT2D eigenvalue weighted by molar-refractivity contribution is 5.75. The molecule has 18 heavy (non-hydrogen) atoms. The number of hydrogen-bond acceptors (Lipinski definition) is 3. The zero-order valence-corrected chi connectivity index (χ0v) is 10.2. The molecule has 1 aromatic carbocycles. The van der Waals surface area contributed by atoms with Gasteiger partial charge in [-0.3, -0.25) is 4.98 Å². The summed E-state index contributed by atoms with van der Waals surface area (Å²) in [4.78, 5) is 15.1. The van der Waals surface area contributed by atoms with E-state index >= 15 is 0 Å². The third-order valence-electron chi connectivity index (χ3n) is 2.98. The average Bonchev–Trinajstić information content (AvgIpc) is 2.40. The molecule has 0 bridgehead atoms. The Morgan fingerprint density at radius 2 is 2.06 bits per heavy atom. The maximum absolute atomic E-state index is 11.1. The molecule has 0 N–H and O–H groups in total. The van der Waals surface area contributed by atoms with E-state index in [0.29, 0.717) is 6.42 Å². The van der Waals surface area contributed by atoms with E-state index in [2.05, 4.69) is 4.98 Å². The lowest BCUT2D eigenvalue weighted by molar-refractivity contribution is -0.308. The third kappa shape index (κ3) is 2.56. The van der Waals surface area contributed by atoms with Crippen molar-refractivity contribution in [2.75, 3.05) is 0 Å². The van der Waals surface area contributed by atoms with Crippen molar-refractivity contribution >= 4 is 5.97 Å². The molecule has 0 amide bonds. The second kappa shape index (κ2) is 5.45. The number of hydrogen-bond donors (Lipinski definition) is 0. The first-order valence-electron chi connectivity index (χ1n) is 5.93. The summed E-state index contributed by atoms with van der Waals surface area (Å²) >= 11 is 0. The summed E-state index contributed by atoms with van der Waals surface area (Å²) < 4.78 is 0. The van der Waals surface area contributed by atoms with Gasteiger partial charge in [0.15, 0.2) is 0 Å². The van der Waals surface area contributed by atoms with Gasteiger partial charge in [-0.2, -0.15) is 0 Å². The molecule has 3 heteroatoms. The molecule has 0 saturated carbocycles. The fourth-order valence-corrected chi connectivity index (χ4v) is 2.01. The van der Waals surface area contributed by atoms with Crippen molar-refractivity contribution < 1.29 is 9.90 Å². The van der Waals surface area contributed by atoms with Crippen LogP contribution in [0.1, 0.15) is 24.8 Å². The molecule has 0 spiro atoms. The van der Waals surface area contributed by atoms with Crippen LogP contribution in [-0.2, 0) is 4.79 Å². The number of benzene rings is 1. The van der Waals surface area contributed by atoms with Gasteiger partial charge < -0.3 is 9.90 Å². The summed E-state index contributed by atoms with van der Waals surface area (Å²) in [6.07, 6.45) is 4.00. The Hall–Kier alpha value is -2.16. The first-order valence-corrected chi connectivity index (χ1v) is 5.93. The number of nitrogens with zero attached hydrogens (tertiary/aromatic N) is 1. The van der Waals surface area contributed by atoms with E-state index in [1.807, 2.05) is 43.3 Å². The van der Waals surface area contributed by atoms with Crippen molar-refractivity contribution in [1.82, 2.24) is 4.98 Å². The molecule has 1 unspecified atom stereocenters. The van der Waals surface area contributed by atoms with E-state index < -0.39 is 11.9 Å². The van der Waals surface area contributed by atoms with Crippen LogP contribution in [0.15, 0.2) is 48.8 Å². The molecule has 1 heterocycles. The van der Waals surface area contributed by atoms with Gasteiger partial charge in [0.25, 0.3) is 0 Å². The minimum Gasteiger partial charge on any atom is -0.549 e. The highest BCUT2D eigenvalue weighted by Gasteiger charge is 2.11. The number of aliphatic carboxylic acids is 1. The molecular weight excluding hydrogens is 226 g/mol. The van der Waals surface area contributed by atoms with Gasteiger partial charge in [-0.1, -0.05) is 37.3 Å². The Morgan fingerprint density at radius 1 is 1.28 bits per heavy atom. The van der Waals surface area contributed by atoms with Crippen LogP contribution in [0.3, 0.4) is 0 Å². The van der Waals surface area contributed by atoms with Crippen LogP contribution in [0.4, 0.5) is 0 Å². The molecule has 0 aliphatic carbocycles. The molecule has 2 aromatic rings. The van der Waals surface area contributed by atoms with Gasteiger partial charge in [0.05, 0.1) is 0 Å². The van der Waals surface area contributed by atoms with Gasteiger partial charge in [0.1, 0.15) is 0 Å². The number of carbonyl (C=O) groups is 1. The first-order chi connectivity index (χ1) is 8.72. The number of carboxylic acid groups (broad SMARTS) is 1. The van der Waals surface area contributed by atoms with Crippen LogP contribution >= 0.6 is 0 Å². The highest BCUT2D eigenvalue weighted by Crippen LogP contribution is 2.25. The maximum atomic E-state index is 11.1. The van der Waals surface area contributed by atoms with Gasteiger partial charge in [0, 0.05) is 24.3 Å². The van der Waals surface area contributed by atoms with Crippen LogP contribution < -0.4 is 5.11 Å². The Kier molecular flexibility index (Phi) is 3.72. The van der Waals surface area contributed by atoms with E-state index in [1.165, 1.54) is 0 Å². The molecule has 3 nitrogen and oxygen atoms in total. The molecule has 0 saturated heterocycles. The van der Waals surface area contributed by atoms with Crippen molar-refractivity contribution in [3.63, 3.8) is 0 Å². The number of aromatic nitrogens is 1. The summed E-state index contributed by atoms with van der Waals surface area (Å²) in [5, 5.41) is 11.1. The second-order valence-electron chi connectivity index (χ2n) is 4.15. The summed E-state index contributed by atoms with van der Waals surface area (Å²) in [6.45, 7) is 1.84. The summed E-state index contributed by atoms with van der Waals surface area (Å²) in [7, 11) is 0. The fourth-order valence-electron chi connectivity index (χ4n) is 2.01. The lowest BCUT2D eigenvalue weighted by Crippen LogP contribution is -2.29. The largest absolute Gasteiger partial charge is 0.549 e. The SMILES string of the molecule is CCC(C(=O)[O-])c1cccc(-c2cccnc2)c1. The van der Waals surface area contributed by atoms with Crippen LogP contribution in [-0.4, -0.2) is 11.0 Å². The van der Waals surface area contributed by atoms with Gasteiger partial charge in [-0.05, 0) is 29.2 Å². The molecule has 1 atom stereocenters. The molecule has 92 valence electrons. The zero-order valence-electron chi connectivity index (χ0n) is 10.2. The first kappa shape index (κ1) is 12.3. The Balaban J connectivity index is 2.39. The van der Waals surface area contributed by atoms with Crippen molar-refractivity contribution in [3.8, 4) is 11.1 Å². The van der Waals surface area contributed by atoms with Gasteiger partial charge in [-0.25, -0.2) is 0 Å². The Labute approximate surface area is 106 Å². The predicted octanol–water partition coefficient (Wildman–Crippen LogP) is 1.99. The number of carbonyl (C=O) groups excluding carboxylic acids is 1. The van der Waals surface area contributed by atoms with Crippen molar-refractivity contribution in [2.24, 2.45) is 0 Å². The van der Waals surface area contributed by atoms with Crippen LogP contribution in [0.25, 0.3) is 11.1 Å².